The lowest BCUT2D eigenvalue weighted by Gasteiger charge is -2.34. The van der Waals surface area contributed by atoms with E-state index in [1.807, 2.05) is 19.1 Å². The highest BCUT2D eigenvalue weighted by Gasteiger charge is 2.39. The van der Waals surface area contributed by atoms with Gasteiger partial charge in [0.1, 0.15) is 5.60 Å². The van der Waals surface area contributed by atoms with Crippen LogP contribution in [0.5, 0.6) is 0 Å². The lowest BCUT2D eigenvalue weighted by molar-refractivity contribution is -0.146. The van der Waals surface area contributed by atoms with Crippen LogP contribution in [-0.4, -0.2) is 50.7 Å². The molecule has 1 aromatic carbocycles. The van der Waals surface area contributed by atoms with Gasteiger partial charge < -0.3 is 20.7 Å². The molecule has 0 atom stereocenters. The number of ether oxygens (including phenoxy) is 1. The van der Waals surface area contributed by atoms with Gasteiger partial charge in [0.25, 0.3) is 11.8 Å². The summed E-state index contributed by atoms with van der Waals surface area (Å²) in [5.74, 6) is -0.242. The van der Waals surface area contributed by atoms with E-state index in [9.17, 15) is 9.59 Å². The van der Waals surface area contributed by atoms with Gasteiger partial charge in [-0.15, -0.1) is 0 Å². The Morgan fingerprint density at radius 2 is 1.74 bits per heavy atom. The maximum atomic E-state index is 12.3. The highest BCUT2D eigenvalue weighted by molar-refractivity contribution is 5.94. The molecule has 1 aromatic rings. The summed E-state index contributed by atoms with van der Waals surface area (Å²) in [5.41, 5.74) is 0.987. The second-order valence-electron chi connectivity index (χ2n) is 5.83. The molecule has 1 fully saturated rings. The third-order valence-corrected chi connectivity index (χ3v) is 4.23. The summed E-state index contributed by atoms with van der Waals surface area (Å²) >= 11 is 0. The summed E-state index contributed by atoms with van der Waals surface area (Å²) in [6, 6.07) is 7.38. The van der Waals surface area contributed by atoms with Crippen LogP contribution in [0.4, 0.5) is 0 Å². The van der Waals surface area contributed by atoms with Crippen molar-refractivity contribution in [3.63, 3.8) is 0 Å². The van der Waals surface area contributed by atoms with Crippen molar-refractivity contribution in [2.45, 2.75) is 25.4 Å². The molecule has 0 saturated carbocycles. The van der Waals surface area contributed by atoms with Crippen LogP contribution in [0.2, 0.25) is 0 Å². The van der Waals surface area contributed by atoms with Gasteiger partial charge in [0.05, 0.1) is 0 Å². The first-order valence-electron chi connectivity index (χ1n) is 7.96. The molecule has 3 N–H and O–H groups in total. The van der Waals surface area contributed by atoms with Crippen molar-refractivity contribution >= 4 is 11.8 Å². The van der Waals surface area contributed by atoms with E-state index in [1.54, 1.807) is 19.2 Å². The third-order valence-electron chi connectivity index (χ3n) is 4.23. The number of hydrogen-bond acceptors (Lipinski definition) is 4. The monoisotopic (exact) mass is 319 g/mol. The first-order chi connectivity index (χ1) is 11.1. The molecule has 6 nitrogen and oxygen atoms in total. The second-order valence-corrected chi connectivity index (χ2v) is 5.83. The largest absolute Gasteiger partial charge is 0.368 e. The highest BCUT2D eigenvalue weighted by atomic mass is 16.5. The number of benzene rings is 1. The summed E-state index contributed by atoms with van der Waals surface area (Å²) < 4.78 is 5.46. The first-order valence-corrected chi connectivity index (χ1v) is 7.96. The topological polar surface area (TPSA) is 79.5 Å². The second kappa shape index (κ2) is 8.08. The molecular weight excluding hydrogens is 294 g/mol. The smallest absolute Gasteiger partial charge is 0.252 e. The van der Waals surface area contributed by atoms with Crippen molar-refractivity contribution in [2.24, 2.45) is 0 Å². The Morgan fingerprint density at radius 1 is 1.13 bits per heavy atom. The number of aryl methyl sites for hydroxylation is 1. The molecule has 0 spiro atoms. The number of methoxy groups -OCH3 is 1. The average Bonchev–Trinajstić information content (AvgIpc) is 2.59. The van der Waals surface area contributed by atoms with E-state index >= 15 is 0 Å². The summed E-state index contributed by atoms with van der Waals surface area (Å²) in [4.78, 5) is 24.3. The summed E-state index contributed by atoms with van der Waals surface area (Å²) in [6.07, 6.45) is 1.32. The number of rotatable bonds is 6. The molecule has 0 radical (unpaired) electrons. The molecule has 0 unspecified atom stereocenters. The minimum absolute atomic E-state index is 0.105. The standard InChI is InChI=1S/C17H25N3O3/c1-13-3-5-14(6-4-13)15(21)19-11-12-20-16(22)17(23-2)7-9-18-10-8-17/h3-6,18H,7-12H2,1-2H3,(H,19,21)(H,20,22). The molecule has 1 saturated heterocycles. The van der Waals surface area contributed by atoms with Crippen molar-refractivity contribution in [1.29, 1.82) is 0 Å². The Balaban J connectivity index is 1.75. The van der Waals surface area contributed by atoms with Crippen molar-refractivity contribution in [1.82, 2.24) is 16.0 Å². The van der Waals surface area contributed by atoms with E-state index in [1.165, 1.54) is 0 Å². The van der Waals surface area contributed by atoms with Crippen LogP contribution in [0, 0.1) is 6.92 Å². The quantitative estimate of drug-likeness (QED) is 0.671. The van der Waals surface area contributed by atoms with E-state index in [2.05, 4.69) is 16.0 Å². The molecule has 1 heterocycles. The summed E-state index contributed by atoms with van der Waals surface area (Å²) in [7, 11) is 1.57. The molecule has 0 bridgehead atoms. The molecule has 2 rings (SSSR count). The van der Waals surface area contributed by atoms with Crippen LogP contribution < -0.4 is 16.0 Å². The normalized spacial score (nSPS) is 16.6. The lowest BCUT2D eigenvalue weighted by atomic mass is 9.91. The maximum Gasteiger partial charge on any atom is 0.252 e. The Kier molecular flexibility index (Phi) is 6.12. The average molecular weight is 319 g/mol. The zero-order valence-corrected chi connectivity index (χ0v) is 13.8. The molecule has 2 amide bonds. The van der Waals surface area contributed by atoms with Gasteiger partial charge >= 0.3 is 0 Å². The van der Waals surface area contributed by atoms with Crippen LogP contribution in [0.3, 0.4) is 0 Å². The molecule has 23 heavy (non-hydrogen) atoms. The van der Waals surface area contributed by atoms with E-state index in [0.717, 1.165) is 18.7 Å². The van der Waals surface area contributed by atoms with Crippen molar-refractivity contribution in [2.75, 3.05) is 33.3 Å². The molecule has 6 heteroatoms. The van der Waals surface area contributed by atoms with E-state index in [0.29, 0.717) is 31.5 Å². The van der Waals surface area contributed by atoms with Crippen LogP contribution in [0.1, 0.15) is 28.8 Å². The van der Waals surface area contributed by atoms with E-state index in [4.69, 9.17) is 4.74 Å². The Hall–Kier alpha value is -1.92. The van der Waals surface area contributed by atoms with Gasteiger partial charge in [-0.05, 0) is 45.0 Å². The molecule has 1 aliphatic heterocycles. The number of nitrogens with one attached hydrogen (secondary N) is 3. The van der Waals surface area contributed by atoms with Gasteiger partial charge in [0.2, 0.25) is 0 Å². The summed E-state index contributed by atoms with van der Waals surface area (Å²) in [6.45, 7) is 4.28. The number of hydrogen-bond donors (Lipinski definition) is 3. The molecule has 1 aliphatic rings. The fourth-order valence-corrected chi connectivity index (χ4v) is 2.67. The SMILES string of the molecule is COC1(C(=O)NCCNC(=O)c2ccc(C)cc2)CCNCC1. The third kappa shape index (κ3) is 4.53. The predicted octanol–water partition coefficient (Wildman–Crippen LogP) is 0.610. The zero-order chi connectivity index (χ0) is 16.7. The van der Waals surface area contributed by atoms with Gasteiger partial charge in [-0.3, -0.25) is 9.59 Å². The predicted molar refractivity (Wildman–Crippen MR) is 88.4 cm³/mol. The van der Waals surface area contributed by atoms with Crippen molar-refractivity contribution < 1.29 is 14.3 Å². The highest BCUT2D eigenvalue weighted by Crippen LogP contribution is 2.22. The van der Waals surface area contributed by atoms with Gasteiger partial charge in [-0.1, -0.05) is 17.7 Å². The molecule has 0 aliphatic carbocycles. The maximum absolute atomic E-state index is 12.3. The fourth-order valence-electron chi connectivity index (χ4n) is 2.67. The Morgan fingerprint density at radius 3 is 2.35 bits per heavy atom. The lowest BCUT2D eigenvalue weighted by Crippen LogP contribution is -2.54. The van der Waals surface area contributed by atoms with Crippen LogP contribution in [-0.2, 0) is 9.53 Å². The molecular formula is C17H25N3O3. The van der Waals surface area contributed by atoms with Crippen LogP contribution >= 0.6 is 0 Å². The number of amides is 2. The van der Waals surface area contributed by atoms with Gasteiger partial charge in [0, 0.05) is 25.8 Å². The van der Waals surface area contributed by atoms with Gasteiger partial charge in [-0.2, -0.15) is 0 Å². The minimum atomic E-state index is -0.744. The minimum Gasteiger partial charge on any atom is -0.368 e. The molecule has 0 aromatic heterocycles. The van der Waals surface area contributed by atoms with Crippen LogP contribution in [0.15, 0.2) is 24.3 Å². The number of carbonyl (C=O) groups is 2. The fraction of sp³-hybridized carbons (Fsp3) is 0.529. The van der Waals surface area contributed by atoms with Crippen molar-refractivity contribution in [3.05, 3.63) is 35.4 Å². The van der Waals surface area contributed by atoms with E-state index in [-0.39, 0.29) is 11.8 Å². The van der Waals surface area contributed by atoms with Crippen LogP contribution in [0.25, 0.3) is 0 Å². The van der Waals surface area contributed by atoms with Gasteiger partial charge in [-0.25, -0.2) is 0 Å². The zero-order valence-electron chi connectivity index (χ0n) is 13.8. The summed E-state index contributed by atoms with van der Waals surface area (Å²) in [5, 5.41) is 8.87. The molecule has 126 valence electrons. The number of carbonyl (C=O) groups excluding carboxylic acids is 2. The van der Waals surface area contributed by atoms with Crippen molar-refractivity contribution in [3.8, 4) is 0 Å². The van der Waals surface area contributed by atoms with E-state index < -0.39 is 5.60 Å². The number of piperidine rings is 1. The van der Waals surface area contributed by atoms with Gasteiger partial charge in [0.15, 0.2) is 0 Å². The first kappa shape index (κ1) is 17.4. The Labute approximate surface area is 137 Å². The Bertz CT molecular complexity index is 537.